The van der Waals surface area contributed by atoms with Crippen LogP contribution in [-0.4, -0.2) is 31.9 Å². The van der Waals surface area contributed by atoms with Crippen LogP contribution in [0.15, 0.2) is 30.3 Å². The molecule has 5 nitrogen and oxygen atoms in total. The highest BCUT2D eigenvalue weighted by Gasteiger charge is 2.05. The zero-order chi connectivity index (χ0) is 11.2. The van der Waals surface area contributed by atoms with E-state index in [1.165, 1.54) is 5.56 Å². The number of aryl methyl sites for hydroxylation is 1. The van der Waals surface area contributed by atoms with Gasteiger partial charge in [0.05, 0.1) is 0 Å². The fraction of sp³-hybridized carbons (Fsp3) is 0.364. The minimum absolute atomic E-state index is 0.157. The van der Waals surface area contributed by atoms with E-state index in [-0.39, 0.29) is 6.61 Å². The van der Waals surface area contributed by atoms with Gasteiger partial charge in [-0.25, -0.2) is 4.68 Å². The number of tetrazole rings is 1. The van der Waals surface area contributed by atoms with Crippen LogP contribution < -0.4 is 0 Å². The molecule has 0 amide bonds. The topological polar surface area (TPSA) is 63.8 Å². The van der Waals surface area contributed by atoms with Gasteiger partial charge in [0.15, 0.2) is 5.82 Å². The van der Waals surface area contributed by atoms with Gasteiger partial charge in [-0.15, -0.1) is 5.10 Å². The zero-order valence-electron chi connectivity index (χ0n) is 8.95. The van der Waals surface area contributed by atoms with Crippen LogP contribution in [0.2, 0.25) is 0 Å². The molecule has 0 atom stereocenters. The Labute approximate surface area is 93.7 Å². The lowest BCUT2D eigenvalue weighted by molar-refractivity contribution is 0.275. The number of aliphatic hydroxyl groups excluding tert-OH is 1. The van der Waals surface area contributed by atoms with Gasteiger partial charge in [0.2, 0.25) is 0 Å². The van der Waals surface area contributed by atoms with Crippen molar-refractivity contribution in [3.8, 4) is 0 Å². The van der Waals surface area contributed by atoms with E-state index in [4.69, 9.17) is 5.11 Å². The van der Waals surface area contributed by atoms with E-state index in [9.17, 15) is 0 Å². The lowest BCUT2D eigenvalue weighted by atomic mass is 10.1. The standard InChI is InChI=1S/C11H14N4O/c16-8-4-7-15-11(12-13-14-15)9-10-5-2-1-3-6-10/h1-3,5-6,16H,4,7-9H2. The van der Waals surface area contributed by atoms with Gasteiger partial charge in [0.1, 0.15) is 0 Å². The first-order chi connectivity index (χ1) is 7.90. The van der Waals surface area contributed by atoms with Gasteiger partial charge >= 0.3 is 0 Å². The fourth-order valence-electron chi connectivity index (χ4n) is 1.52. The van der Waals surface area contributed by atoms with E-state index in [1.54, 1.807) is 4.68 Å². The van der Waals surface area contributed by atoms with Gasteiger partial charge < -0.3 is 5.11 Å². The second kappa shape index (κ2) is 5.37. The lowest BCUT2D eigenvalue weighted by Gasteiger charge is -2.03. The fourth-order valence-corrected chi connectivity index (χ4v) is 1.52. The van der Waals surface area contributed by atoms with Crippen LogP contribution in [0.3, 0.4) is 0 Å². The van der Waals surface area contributed by atoms with E-state index >= 15 is 0 Å². The molecule has 0 unspecified atom stereocenters. The summed E-state index contributed by atoms with van der Waals surface area (Å²) >= 11 is 0. The molecule has 2 aromatic rings. The molecule has 5 heteroatoms. The summed E-state index contributed by atoms with van der Waals surface area (Å²) in [5, 5.41) is 20.3. The molecule has 0 bridgehead atoms. The molecule has 0 aliphatic heterocycles. The monoisotopic (exact) mass is 218 g/mol. The smallest absolute Gasteiger partial charge is 0.155 e. The first-order valence-electron chi connectivity index (χ1n) is 5.30. The summed E-state index contributed by atoms with van der Waals surface area (Å²) in [5.74, 6) is 0.833. The largest absolute Gasteiger partial charge is 0.396 e. The number of rotatable bonds is 5. The van der Waals surface area contributed by atoms with Crippen LogP contribution in [0.4, 0.5) is 0 Å². The number of nitrogens with zero attached hydrogens (tertiary/aromatic N) is 4. The first-order valence-corrected chi connectivity index (χ1v) is 5.30. The molecule has 1 heterocycles. The highest BCUT2D eigenvalue weighted by molar-refractivity contribution is 5.18. The van der Waals surface area contributed by atoms with Crippen molar-refractivity contribution in [2.45, 2.75) is 19.4 Å². The van der Waals surface area contributed by atoms with Gasteiger partial charge in [0, 0.05) is 19.6 Å². The Morgan fingerprint density at radius 1 is 1.19 bits per heavy atom. The highest BCUT2D eigenvalue weighted by Crippen LogP contribution is 2.05. The Balaban J connectivity index is 2.07. The van der Waals surface area contributed by atoms with Crippen LogP contribution in [0.1, 0.15) is 17.8 Å². The van der Waals surface area contributed by atoms with E-state index < -0.39 is 0 Å². The second-order valence-corrected chi connectivity index (χ2v) is 3.56. The third-order valence-electron chi connectivity index (χ3n) is 2.34. The Hall–Kier alpha value is -1.75. The Bertz CT molecular complexity index is 427. The second-order valence-electron chi connectivity index (χ2n) is 3.56. The summed E-state index contributed by atoms with van der Waals surface area (Å²) in [6.07, 6.45) is 1.39. The van der Waals surface area contributed by atoms with Crippen molar-refractivity contribution < 1.29 is 5.11 Å². The molecule has 84 valence electrons. The van der Waals surface area contributed by atoms with Gasteiger partial charge in [0.25, 0.3) is 0 Å². The summed E-state index contributed by atoms with van der Waals surface area (Å²) in [5.41, 5.74) is 1.18. The van der Waals surface area contributed by atoms with Crippen molar-refractivity contribution in [3.63, 3.8) is 0 Å². The third kappa shape index (κ3) is 2.64. The predicted octanol–water partition coefficient (Wildman–Crippen LogP) is 0.646. The van der Waals surface area contributed by atoms with Crippen LogP contribution in [-0.2, 0) is 13.0 Å². The molecule has 0 spiro atoms. The summed E-state index contributed by atoms with van der Waals surface area (Å²) in [6, 6.07) is 10.1. The predicted molar refractivity (Wildman–Crippen MR) is 58.8 cm³/mol. The number of hydrogen-bond donors (Lipinski definition) is 1. The number of aliphatic hydroxyl groups is 1. The van der Waals surface area contributed by atoms with Gasteiger partial charge in [-0.2, -0.15) is 0 Å². The molecular formula is C11H14N4O. The normalized spacial score (nSPS) is 10.6. The molecule has 0 saturated heterocycles. The Kier molecular flexibility index (Phi) is 3.61. The molecule has 0 saturated carbocycles. The number of aromatic nitrogens is 4. The Morgan fingerprint density at radius 2 is 2.00 bits per heavy atom. The summed E-state index contributed by atoms with van der Waals surface area (Å²) in [6.45, 7) is 0.816. The molecule has 1 aromatic carbocycles. The maximum absolute atomic E-state index is 8.76. The number of hydrogen-bond acceptors (Lipinski definition) is 4. The van der Waals surface area contributed by atoms with E-state index in [0.717, 1.165) is 12.2 Å². The quantitative estimate of drug-likeness (QED) is 0.800. The molecule has 1 N–H and O–H groups in total. The minimum Gasteiger partial charge on any atom is -0.396 e. The molecule has 1 aromatic heterocycles. The van der Waals surface area contributed by atoms with Gasteiger partial charge in [-0.3, -0.25) is 0 Å². The minimum atomic E-state index is 0.157. The van der Waals surface area contributed by atoms with E-state index in [2.05, 4.69) is 15.5 Å². The van der Waals surface area contributed by atoms with E-state index in [0.29, 0.717) is 13.0 Å². The molecule has 0 aliphatic carbocycles. The average Bonchev–Trinajstić information content (AvgIpc) is 2.75. The van der Waals surface area contributed by atoms with Crippen molar-refractivity contribution in [3.05, 3.63) is 41.7 Å². The van der Waals surface area contributed by atoms with Crippen molar-refractivity contribution in [2.75, 3.05) is 6.61 Å². The van der Waals surface area contributed by atoms with Crippen molar-refractivity contribution in [1.82, 2.24) is 20.2 Å². The molecule has 2 rings (SSSR count). The third-order valence-corrected chi connectivity index (χ3v) is 2.34. The summed E-state index contributed by atoms with van der Waals surface area (Å²) in [4.78, 5) is 0. The summed E-state index contributed by atoms with van der Waals surface area (Å²) in [7, 11) is 0. The van der Waals surface area contributed by atoms with Crippen molar-refractivity contribution in [1.29, 1.82) is 0 Å². The maximum Gasteiger partial charge on any atom is 0.155 e. The van der Waals surface area contributed by atoms with Crippen LogP contribution in [0, 0.1) is 0 Å². The highest BCUT2D eigenvalue weighted by atomic mass is 16.3. The molecule has 16 heavy (non-hydrogen) atoms. The number of benzene rings is 1. The average molecular weight is 218 g/mol. The summed E-state index contributed by atoms with van der Waals surface area (Å²) < 4.78 is 1.74. The molecule has 0 aliphatic rings. The molecular weight excluding hydrogens is 204 g/mol. The zero-order valence-corrected chi connectivity index (χ0v) is 8.95. The lowest BCUT2D eigenvalue weighted by Crippen LogP contribution is -2.07. The van der Waals surface area contributed by atoms with Gasteiger partial charge in [-0.05, 0) is 22.4 Å². The Morgan fingerprint density at radius 3 is 2.75 bits per heavy atom. The van der Waals surface area contributed by atoms with Crippen LogP contribution >= 0.6 is 0 Å². The van der Waals surface area contributed by atoms with Crippen molar-refractivity contribution in [2.24, 2.45) is 0 Å². The van der Waals surface area contributed by atoms with E-state index in [1.807, 2.05) is 30.3 Å². The molecule has 0 radical (unpaired) electrons. The van der Waals surface area contributed by atoms with Crippen molar-refractivity contribution >= 4 is 0 Å². The first kappa shape index (κ1) is 10.8. The SMILES string of the molecule is OCCCn1nnnc1Cc1ccccc1. The van der Waals surface area contributed by atoms with Crippen LogP contribution in [0.5, 0.6) is 0 Å². The van der Waals surface area contributed by atoms with Crippen LogP contribution in [0.25, 0.3) is 0 Å². The maximum atomic E-state index is 8.76. The molecule has 0 fully saturated rings. The van der Waals surface area contributed by atoms with Gasteiger partial charge in [-0.1, -0.05) is 30.3 Å².